The molecule has 0 unspecified atom stereocenters. The Hall–Kier alpha value is -1.29. The van der Waals surface area contributed by atoms with Gasteiger partial charge in [-0.25, -0.2) is 4.79 Å². The van der Waals surface area contributed by atoms with Crippen molar-refractivity contribution in [3.05, 3.63) is 61.8 Å². The van der Waals surface area contributed by atoms with Crippen LogP contribution in [0.25, 0.3) is 6.08 Å². The Morgan fingerprint density at radius 1 is 1.27 bits per heavy atom. The maximum atomic E-state index is 11.3. The Kier molecular flexibility index (Phi) is 8.25. The standard InChI is InChI=1S/C17H18Cl2O2S/c1-4-21-16(20)10-13(3)7-5-6-12(2)8-9-14-11-15(18)22-17(14)19/h5-11H,4H2,1-3H3/b7-5+,9-8+,12-6+,13-10+. The van der Waals surface area contributed by atoms with E-state index in [1.807, 2.05) is 50.3 Å². The predicted octanol–water partition coefficient (Wildman–Crippen LogP) is 6.08. The first-order chi connectivity index (χ1) is 10.4. The Labute approximate surface area is 145 Å². The second-order valence-electron chi connectivity index (χ2n) is 4.52. The van der Waals surface area contributed by atoms with E-state index in [9.17, 15) is 4.79 Å². The van der Waals surface area contributed by atoms with E-state index in [1.165, 1.54) is 17.4 Å². The summed E-state index contributed by atoms with van der Waals surface area (Å²) in [4.78, 5) is 11.3. The van der Waals surface area contributed by atoms with Crippen LogP contribution in [0.2, 0.25) is 8.67 Å². The zero-order valence-electron chi connectivity index (χ0n) is 12.7. The maximum absolute atomic E-state index is 11.3. The second-order valence-corrected chi connectivity index (χ2v) is 6.81. The smallest absolute Gasteiger partial charge is 0.330 e. The van der Waals surface area contributed by atoms with Gasteiger partial charge in [-0.15, -0.1) is 11.3 Å². The lowest BCUT2D eigenvalue weighted by molar-refractivity contribution is -0.137. The molecule has 1 aromatic rings. The molecule has 0 atom stereocenters. The summed E-state index contributed by atoms with van der Waals surface area (Å²) in [6, 6.07) is 1.83. The van der Waals surface area contributed by atoms with Gasteiger partial charge in [0.2, 0.25) is 0 Å². The van der Waals surface area contributed by atoms with Gasteiger partial charge in [-0.2, -0.15) is 0 Å². The molecule has 0 bridgehead atoms. The van der Waals surface area contributed by atoms with Gasteiger partial charge in [-0.1, -0.05) is 59.2 Å². The number of carbonyl (C=O) groups is 1. The summed E-state index contributed by atoms with van der Waals surface area (Å²) in [5.41, 5.74) is 2.80. The summed E-state index contributed by atoms with van der Waals surface area (Å²) in [7, 11) is 0. The van der Waals surface area contributed by atoms with Gasteiger partial charge in [0.05, 0.1) is 10.9 Å². The Balaban J connectivity index is 2.64. The Morgan fingerprint density at radius 2 is 2.00 bits per heavy atom. The average Bonchev–Trinajstić information content (AvgIpc) is 2.74. The fraction of sp³-hybridized carbons (Fsp3) is 0.235. The average molecular weight is 357 g/mol. The lowest BCUT2D eigenvalue weighted by atomic mass is 10.2. The third-order valence-corrected chi connectivity index (χ3v) is 4.08. The summed E-state index contributed by atoms with van der Waals surface area (Å²) >= 11 is 13.3. The number of carbonyl (C=O) groups excluding carboxylic acids is 1. The van der Waals surface area contributed by atoms with Crippen molar-refractivity contribution >= 4 is 46.6 Å². The lowest BCUT2D eigenvalue weighted by Crippen LogP contribution is -1.99. The largest absolute Gasteiger partial charge is 0.463 e. The highest BCUT2D eigenvalue weighted by atomic mass is 35.5. The molecule has 0 N–H and O–H groups in total. The summed E-state index contributed by atoms with van der Waals surface area (Å²) in [5, 5.41) is 0. The van der Waals surface area contributed by atoms with Crippen molar-refractivity contribution in [2.75, 3.05) is 6.61 Å². The van der Waals surface area contributed by atoms with Crippen molar-refractivity contribution in [2.24, 2.45) is 0 Å². The molecule has 0 aromatic carbocycles. The van der Waals surface area contributed by atoms with Gasteiger partial charge in [0.15, 0.2) is 0 Å². The van der Waals surface area contributed by atoms with E-state index >= 15 is 0 Å². The molecule has 0 aliphatic heterocycles. The number of esters is 1. The highest BCUT2D eigenvalue weighted by molar-refractivity contribution is 7.20. The molecule has 0 fully saturated rings. The minimum absolute atomic E-state index is 0.325. The molecule has 1 rings (SSSR count). The van der Waals surface area contributed by atoms with Crippen LogP contribution in [-0.2, 0) is 9.53 Å². The van der Waals surface area contributed by atoms with Gasteiger partial charge in [0.25, 0.3) is 0 Å². The molecule has 0 aliphatic rings. The molecular formula is C17H18Cl2O2S. The molecule has 0 spiro atoms. The van der Waals surface area contributed by atoms with Gasteiger partial charge in [0, 0.05) is 11.6 Å². The van der Waals surface area contributed by atoms with Crippen molar-refractivity contribution in [3.8, 4) is 0 Å². The zero-order valence-corrected chi connectivity index (χ0v) is 15.1. The van der Waals surface area contributed by atoms with E-state index < -0.39 is 0 Å². The minimum atomic E-state index is -0.325. The van der Waals surface area contributed by atoms with Crippen LogP contribution in [0.15, 0.2) is 47.6 Å². The number of hydrogen-bond donors (Lipinski definition) is 0. The van der Waals surface area contributed by atoms with Gasteiger partial charge < -0.3 is 4.74 Å². The number of rotatable bonds is 6. The highest BCUT2D eigenvalue weighted by Gasteiger charge is 2.01. The highest BCUT2D eigenvalue weighted by Crippen LogP contribution is 2.32. The van der Waals surface area contributed by atoms with Gasteiger partial charge in [-0.05, 0) is 32.4 Å². The summed E-state index contributed by atoms with van der Waals surface area (Å²) in [6.45, 7) is 5.99. The normalized spacial score (nSPS) is 13.3. The number of ether oxygens (including phenoxy) is 1. The molecule has 0 saturated heterocycles. The molecule has 5 heteroatoms. The van der Waals surface area contributed by atoms with Gasteiger partial charge in [0.1, 0.15) is 4.34 Å². The van der Waals surface area contributed by atoms with Crippen molar-refractivity contribution in [1.29, 1.82) is 0 Å². The maximum Gasteiger partial charge on any atom is 0.330 e. The molecule has 1 aromatic heterocycles. The van der Waals surface area contributed by atoms with Gasteiger partial charge in [-0.3, -0.25) is 0 Å². The quantitative estimate of drug-likeness (QED) is 0.350. The molecule has 0 amide bonds. The van der Waals surface area contributed by atoms with Crippen molar-refractivity contribution < 1.29 is 9.53 Å². The zero-order chi connectivity index (χ0) is 16.5. The third-order valence-electron chi connectivity index (χ3n) is 2.56. The lowest BCUT2D eigenvalue weighted by Gasteiger charge is -1.96. The summed E-state index contributed by atoms with van der Waals surface area (Å²) in [6.07, 6.45) is 11.0. The molecule has 22 heavy (non-hydrogen) atoms. The van der Waals surface area contributed by atoms with Crippen LogP contribution in [0, 0.1) is 0 Å². The van der Waals surface area contributed by atoms with Crippen LogP contribution in [0.3, 0.4) is 0 Å². The fourth-order valence-electron chi connectivity index (χ4n) is 1.51. The predicted molar refractivity (Wildman–Crippen MR) is 96.7 cm³/mol. The molecule has 1 heterocycles. The monoisotopic (exact) mass is 356 g/mol. The first-order valence-corrected chi connectivity index (χ1v) is 8.32. The van der Waals surface area contributed by atoms with E-state index in [1.54, 1.807) is 6.92 Å². The van der Waals surface area contributed by atoms with E-state index in [0.29, 0.717) is 15.3 Å². The van der Waals surface area contributed by atoms with E-state index in [0.717, 1.165) is 16.7 Å². The minimum Gasteiger partial charge on any atom is -0.463 e. The molecule has 0 saturated carbocycles. The summed E-state index contributed by atoms with van der Waals surface area (Å²) < 4.78 is 6.19. The van der Waals surface area contributed by atoms with Crippen molar-refractivity contribution in [2.45, 2.75) is 20.8 Å². The molecular weight excluding hydrogens is 339 g/mol. The number of halogens is 2. The number of thiophene rings is 1. The third kappa shape index (κ3) is 7.12. The van der Waals surface area contributed by atoms with Crippen LogP contribution in [0.5, 0.6) is 0 Å². The van der Waals surface area contributed by atoms with E-state index in [-0.39, 0.29) is 5.97 Å². The van der Waals surface area contributed by atoms with Crippen LogP contribution < -0.4 is 0 Å². The fourth-order valence-corrected chi connectivity index (χ4v) is 2.95. The van der Waals surface area contributed by atoms with Gasteiger partial charge >= 0.3 is 5.97 Å². The van der Waals surface area contributed by atoms with E-state index in [4.69, 9.17) is 27.9 Å². The van der Waals surface area contributed by atoms with E-state index in [2.05, 4.69) is 0 Å². The number of allylic oxidation sites excluding steroid dienone is 6. The Bertz CT molecular complexity index is 637. The first kappa shape index (κ1) is 18.8. The molecule has 118 valence electrons. The van der Waals surface area contributed by atoms with Crippen molar-refractivity contribution in [3.63, 3.8) is 0 Å². The Morgan fingerprint density at radius 3 is 2.59 bits per heavy atom. The first-order valence-electron chi connectivity index (χ1n) is 6.75. The molecule has 0 radical (unpaired) electrons. The SMILES string of the molecule is CCOC(=O)/C=C(C)/C=C/C=C(C)/C=C/c1cc(Cl)sc1Cl. The molecule has 0 aliphatic carbocycles. The topological polar surface area (TPSA) is 26.3 Å². The van der Waals surface area contributed by atoms with Crippen LogP contribution >= 0.6 is 34.5 Å². The summed E-state index contributed by atoms with van der Waals surface area (Å²) in [5.74, 6) is -0.325. The molecule has 2 nitrogen and oxygen atoms in total. The van der Waals surface area contributed by atoms with Crippen LogP contribution in [0.4, 0.5) is 0 Å². The van der Waals surface area contributed by atoms with Crippen molar-refractivity contribution in [1.82, 2.24) is 0 Å². The van der Waals surface area contributed by atoms with Crippen LogP contribution in [-0.4, -0.2) is 12.6 Å². The number of hydrogen-bond acceptors (Lipinski definition) is 3. The van der Waals surface area contributed by atoms with Crippen LogP contribution in [0.1, 0.15) is 26.3 Å². The second kappa shape index (κ2) is 9.67.